The van der Waals surface area contributed by atoms with Crippen LogP contribution in [0, 0.1) is 18.6 Å². The van der Waals surface area contributed by atoms with Crippen molar-refractivity contribution in [3.8, 4) is 11.5 Å². The van der Waals surface area contributed by atoms with Gasteiger partial charge in [0.25, 0.3) is 5.91 Å². The maximum atomic E-state index is 13.4. The number of carbonyl (C=O) groups excluding carboxylic acids is 1. The molecule has 0 saturated heterocycles. The number of aryl methyl sites for hydroxylation is 1. The zero-order valence-electron chi connectivity index (χ0n) is 8.83. The summed E-state index contributed by atoms with van der Waals surface area (Å²) < 4.78 is 31.9. The SMILES string of the molecule is Cc1oc(-c2c(F)cccc2F)nc1C(N)=O. The summed E-state index contributed by atoms with van der Waals surface area (Å²) in [7, 11) is 0. The number of benzene rings is 1. The Morgan fingerprint density at radius 2 is 1.94 bits per heavy atom. The Kier molecular flexibility index (Phi) is 2.63. The molecular formula is C11H8F2N2O2. The van der Waals surface area contributed by atoms with Crippen molar-refractivity contribution in [2.24, 2.45) is 5.73 Å². The zero-order valence-corrected chi connectivity index (χ0v) is 8.83. The normalized spacial score (nSPS) is 10.5. The number of nitrogens with two attached hydrogens (primary N) is 1. The number of aromatic nitrogens is 1. The van der Waals surface area contributed by atoms with Gasteiger partial charge in [-0.3, -0.25) is 4.79 Å². The quantitative estimate of drug-likeness (QED) is 0.870. The lowest BCUT2D eigenvalue weighted by Gasteiger charge is -1.98. The third-order valence-corrected chi connectivity index (χ3v) is 2.21. The molecule has 2 rings (SSSR count). The highest BCUT2D eigenvalue weighted by atomic mass is 19.1. The van der Waals surface area contributed by atoms with Gasteiger partial charge in [0.05, 0.1) is 0 Å². The van der Waals surface area contributed by atoms with Crippen molar-refractivity contribution < 1.29 is 18.0 Å². The molecule has 1 aromatic carbocycles. The van der Waals surface area contributed by atoms with Crippen LogP contribution in [0.4, 0.5) is 8.78 Å². The molecule has 0 spiro atoms. The Bertz CT molecular complexity index is 573. The van der Waals surface area contributed by atoms with E-state index in [1.807, 2.05) is 0 Å². The molecule has 0 unspecified atom stereocenters. The van der Waals surface area contributed by atoms with Crippen molar-refractivity contribution in [3.63, 3.8) is 0 Å². The van der Waals surface area contributed by atoms with Gasteiger partial charge in [-0.2, -0.15) is 0 Å². The second-order valence-corrected chi connectivity index (χ2v) is 3.38. The van der Waals surface area contributed by atoms with Crippen LogP contribution in [0.5, 0.6) is 0 Å². The minimum Gasteiger partial charge on any atom is -0.440 e. The molecule has 0 aliphatic heterocycles. The van der Waals surface area contributed by atoms with Crippen LogP contribution in [-0.4, -0.2) is 10.9 Å². The van der Waals surface area contributed by atoms with E-state index in [2.05, 4.69) is 4.98 Å². The molecule has 88 valence electrons. The molecule has 1 amide bonds. The van der Waals surface area contributed by atoms with E-state index < -0.39 is 23.1 Å². The van der Waals surface area contributed by atoms with Crippen molar-refractivity contribution >= 4 is 5.91 Å². The van der Waals surface area contributed by atoms with Gasteiger partial charge in [-0.25, -0.2) is 13.8 Å². The maximum absolute atomic E-state index is 13.4. The Labute approximate surface area is 95.1 Å². The first-order valence-corrected chi connectivity index (χ1v) is 4.72. The highest BCUT2D eigenvalue weighted by Crippen LogP contribution is 2.26. The number of primary amides is 1. The molecule has 2 N–H and O–H groups in total. The van der Waals surface area contributed by atoms with E-state index in [0.717, 1.165) is 12.1 Å². The third-order valence-electron chi connectivity index (χ3n) is 2.21. The summed E-state index contributed by atoms with van der Waals surface area (Å²) in [6.45, 7) is 1.44. The highest BCUT2D eigenvalue weighted by Gasteiger charge is 2.20. The van der Waals surface area contributed by atoms with Gasteiger partial charge >= 0.3 is 0 Å². The molecule has 1 heterocycles. The maximum Gasteiger partial charge on any atom is 0.270 e. The second kappa shape index (κ2) is 3.97. The third kappa shape index (κ3) is 1.89. The van der Waals surface area contributed by atoms with Crippen molar-refractivity contribution in [2.75, 3.05) is 0 Å². The summed E-state index contributed by atoms with van der Waals surface area (Å²) in [6.07, 6.45) is 0. The van der Waals surface area contributed by atoms with Gasteiger partial charge in [0.15, 0.2) is 5.69 Å². The van der Waals surface area contributed by atoms with Crippen LogP contribution in [0.1, 0.15) is 16.2 Å². The molecule has 0 radical (unpaired) electrons. The molecule has 17 heavy (non-hydrogen) atoms. The molecular weight excluding hydrogens is 230 g/mol. The van der Waals surface area contributed by atoms with Crippen LogP contribution in [0.25, 0.3) is 11.5 Å². The molecule has 6 heteroatoms. The van der Waals surface area contributed by atoms with Crippen molar-refractivity contribution in [3.05, 3.63) is 41.3 Å². The summed E-state index contributed by atoms with van der Waals surface area (Å²) >= 11 is 0. The lowest BCUT2D eigenvalue weighted by atomic mass is 10.2. The van der Waals surface area contributed by atoms with Crippen LogP contribution in [0.15, 0.2) is 22.6 Å². The monoisotopic (exact) mass is 238 g/mol. The molecule has 0 atom stereocenters. The molecule has 0 fully saturated rings. The fraction of sp³-hybridized carbons (Fsp3) is 0.0909. The number of halogens is 2. The predicted octanol–water partition coefficient (Wildman–Crippen LogP) is 2.03. The van der Waals surface area contributed by atoms with Gasteiger partial charge in [0.1, 0.15) is 23.0 Å². The molecule has 0 aliphatic carbocycles. The topological polar surface area (TPSA) is 69.1 Å². The average molecular weight is 238 g/mol. The fourth-order valence-corrected chi connectivity index (χ4v) is 1.43. The first kappa shape index (κ1) is 11.3. The minimum absolute atomic E-state index is 0.121. The van der Waals surface area contributed by atoms with Crippen LogP contribution < -0.4 is 5.73 Å². The smallest absolute Gasteiger partial charge is 0.270 e. The summed E-state index contributed by atoms with van der Waals surface area (Å²) in [5, 5.41) is 0. The van der Waals surface area contributed by atoms with E-state index in [0.29, 0.717) is 0 Å². The van der Waals surface area contributed by atoms with Gasteiger partial charge in [0.2, 0.25) is 5.89 Å². The fourth-order valence-electron chi connectivity index (χ4n) is 1.43. The van der Waals surface area contributed by atoms with Gasteiger partial charge in [0, 0.05) is 0 Å². The first-order chi connectivity index (χ1) is 8.00. The van der Waals surface area contributed by atoms with Crippen LogP contribution in [0.2, 0.25) is 0 Å². The number of hydrogen-bond donors (Lipinski definition) is 1. The van der Waals surface area contributed by atoms with Gasteiger partial charge in [-0.05, 0) is 19.1 Å². The Morgan fingerprint density at radius 3 is 2.41 bits per heavy atom. The van der Waals surface area contributed by atoms with E-state index in [-0.39, 0.29) is 17.3 Å². The predicted molar refractivity (Wildman–Crippen MR) is 55.1 cm³/mol. The molecule has 0 saturated carbocycles. The number of nitrogens with zero attached hydrogens (tertiary/aromatic N) is 1. The van der Waals surface area contributed by atoms with E-state index in [4.69, 9.17) is 10.2 Å². The van der Waals surface area contributed by atoms with E-state index in [1.54, 1.807) is 0 Å². The Hall–Kier alpha value is -2.24. The van der Waals surface area contributed by atoms with Gasteiger partial charge < -0.3 is 10.2 Å². The number of rotatable bonds is 2. The van der Waals surface area contributed by atoms with Crippen molar-refractivity contribution in [1.29, 1.82) is 0 Å². The standard InChI is InChI=1S/C11H8F2N2O2/c1-5-9(10(14)16)15-11(17-5)8-6(12)3-2-4-7(8)13/h2-4H,1H3,(H2,14,16). The molecule has 0 bridgehead atoms. The van der Waals surface area contributed by atoms with Crippen LogP contribution in [-0.2, 0) is 0 Å². The average Bonchev–Trinajstić information content (AvgIpc) is 2.60. The largest absolute Gasteiger partial charge is 0.440 e. The summed E-state index contributed by atoms with van der Waals surface area (Å²) in [5.41, 5.74) is 4.48. The Balaban J connectivity index is 2.62. The molecule has 0 aliphatic rings. The summed E-state index contributed by atoms with van der Waals surface area (Å²) in [6, 6.07) is 3.36. The van der Waals surface area contributed by atoms with E-state index in [1.165, 1.54) is 13.0 Å². The summed E-state index contributed by atoms with van der Waals surface area (Å²) in [5.74, 6) is -2.62. The van der Waals surface area contributed by atoms with Crippen LogP contribution in [0.3, 0.4) is 0 Å². The molecule has 4 nitrogen and oxygen atoms in total. The number of amides is 1. The second-order valence-electron chi connectivity index (χ2n) is 3.38. The van der Waals surface area contributed by atoms with Crippen molar-refractivity contribution in [1.82, 2.24) is 4.98 Å². The van der Waals surface area contributed by atoms with Gasteiger partial charge in [-0.15, -0.1) is 0 Å². The summed E-state index contributed by atoms with van der Waals surface area (Å²) in [4.78, 5) is 14.6. The van der Waals surface area contributed by atoms with E-state index >= 15 is 0 Å². The van der Waals surface area contributed by atoms with Crippen LogP contribution >= 0.6 is 0 Å². The van der Waals surface area contributed by atoms with Crippen molar-refractivity contribution in [2.45, 2.75) is 6.92 Å². The number of carbonyl (C=O) groups is 1. The zero-order chi connectivity index (χ0) is 12.6. The minimum atomic E-state index is -0.817. The number of oxazole rings is 1. The van der Waals surface area contributed by atoms with Gasteiger partial charge in [-0.1, -0.05) is 6.07 Å². The van der Waals surface area contributed by atoms with E-state index in [9.17, 15) is 13.6 Å². The molecule has 2 aromatic rings. The lowest BCUT2D eigenvalue weighted by molar-refractivity contribution is 0.0994. The Morgan fingerprint density at radius 1 is 1.35 bits per heavy atom. The highest BCUT2D eigenvalue weighted by molar-refractivity contribution is 5.92. The lowest BCUT2D eigenvalue weighted by Crippen LogP contribution is -2.12. The number of hydrogen-bond acceptors (Lipinski definition) is 3. The first-order valence-electron chi connectivity index (χ1n) is 4.72. The molecule has 1 aromatic heterocycles.